The van der Waals surface area contributed by atoms with E-state index in [4.69, 9.17) is 4.74 Å². The fourth-order valence-electron chi connectivity index (χ4n) is 4.94. The molecule has 3 fully saturated rings. The van der Waals surface area contributed by atoms with Gasteiger partial charge < -0.3 is 24.8 Å². The average Bonchev–Trinajstić information content (AvgIpc) is 3.16. The van der Waals surface area contributed by atoms with E-state index in [1.165, 1.54) is 6.07 Å². The van der Waals surface area contributed by atoms with Crippen molar-refractivity contribution in [2.75, 3.05) is 13.7 Å². The molecule has 10 heteroatoms. The van der Waals surface area contributed by atoms with E-state index in [0.29, 0.717) is 14.9 Å². The number of aliphatic hydroxyl groups is 2. The molecule has 1 aromatic rings. The molecule has 3 amide bonds. The Bertz CT molecular complexity index is 891. The Hall–Kier alpha value is -2.01. The van der Waals surface area contributed by atoms with Crippen LogP contribution in [0.1, 0.15) is 24.5 Å². The fourth-order valence-corrected chi connectivity index (χ4v) is 5.32. The molecule has 2 saturated heterocycles. The van der Waals surface area contributed by atoms with Crippen LogP contribution in [-0.2, 0) is 19.1 Å². The Balaban J connectivity index is 1.74. The van der Waals surface area contributed by atoms with Crippen LogP contribution in [-0.4, -0.2) is 57.6 Å². The van der Waals surface area contributed by atoms with Crippen molar-refractivity contribution in [2.24, 2.45) is 23.7 Å². The summed E-state index contributed by atoms with van der Waals surface area (Å²) in [5.41, 5.74) is 0.414. The maximum Gasteiger partial charge on any atom is 0.423 e. The smallest absolute Gasteiger partial charge is 0.423 e. The number of ether oxygens (including phenoxy) is 2. The summed E-state index contributed by atoms with van der Waals surface area (Å²) in [6.45, 7) is -0.465. The largest absolute Gasteiger partial charge is 0.508 e. The number of hydrogen-bond acceptors (Lipinski definition) is 8. The van der Waals surface area contributed by atoms with Gasteiger partial charge in [-0.2, -0.15) is 4.90 Å². The first-order valence-corrected chi connectivity index (χ1v) is 9.97. The topological polar surface area (TPSA) is 134 Å². The summed E-state index contributed by atoms with van der Waals surface area (Å²) in [5.74, 6) is -6.86. The SMILES string of the molecule is COC(=O)N1C(=O)[C@H]2[C@H](C[C@H](CO)[C@@]3(O)O[C@H](c4cc(Br)ccc4O)C[C@@H]23)C1=O. The lowest BCUT2D eigenvalue weighted by molar-refractivity contribution is -0.274. The predicted molar refractivity (Wildman–Crippen MR) is 99.1 cm³/mol. The van der Waals surface area contributed by atoms with E-state index in [0.717, 1.165) is 7.11 Å². The highest BCUT2D eigenvalue weighted by atomic mass is 79.9. The first kappa shape index (κ1) is 20.3. The molecule has 0 bridgehead atoms. The standard InChI is InChI=1S/C19H20BrNO8/c1-28-18(26)21-16(24)11-4-8(7-22)19(27)12(15(11)17(21)25)6-14(29-19)10-5-9(20)2-3-13(10)23/h2-3,5,8,11-12,14-15,22-23,27H,4,6-7H2,1H3/t8-,11+,12+,14+,15+,19-/m1/s1. The minimum atomic E-state index is -1.88. The van der Waals surface area contributed by atoms with Crippen LogP contribution in [0.4, 0.5) is 4.79 Å². The molecule has 0 spiro atoms. The van der Waals surface area contributed by atoms with E-state index in [9.17, 15) is 29.7 Å². The number of carbonyl (C=O) groups excluding carboxylic acids is 3. The van der Waals surface area contributed by atoms with E-state index < -0.39 is 60.1 Å². The summed E-state index contributed by atoms with van der Waals surface area (Å²) in [6.07, 6.45) is -1.71. The number of amides is 3. The van der Waals surface area contributed by atoms with Crippen molar-refractivity contribution in [3.63, 3.8) is 0 Å². The zero-order valence-corrected chi connectivity index (χ0v) is 17.0. The van der Waals surface area contributed by atoms with E-state index in [1.807, 2.05) is 0 Å². The summed E-state index contributed by atoms with van der Waals surface area (Å²) in [5, 5.41) is 31.4. The van der Waals surface area contributed by atoms with Gasteiger partial charge >= 0.3 is 6.09 Å². The second-order valence-corrected chi connectivity index (χ2v) is 8.55. The molecule has 3 N–H and O–H groups in total. The molecular formula is C19H20BrNO8. The second kappa shape index (κ2) is 7.05. The van der Waals surface area contributed by atoms with Crippen LogP contribution in [0.5, 0.6) is 5.75 Å². The summed E-state index contributed by atoms with van der Waals surface area (Å²) in [7, 11) is 1.07. The van der Waals surface area contributed by atoms with Crippen LogP contribution < -0.4 is 0 Å². The quantitative estimate of drug-likeness (QED) is 0.551. The lowest BCUT2D eigenvalue weighted by Gasteiger charge is -2.43. The number of halogens is 1. The molecule has 1 saturated carbocycles. The zero-order chi connectivity index (χ0) is 21.1. The third kappa shape index (κ3) is 2.89. The highest BCUT2D eigenvalue weighted by Gasteiger charge is 2.67. The van der Waals surface area contributed by atoms with Crippen LogP contribution in [0.15, 0.2) is 22.7 Å². The number of imide groups is 3. The number of hydrogen-bond donors (Lipinski definition) is 3. The van der Waals surface area contributed by atoms with Crippen molar-refractivity contribution in [1.29, 1.82) is 0 Å². The number of fused-ring (bicyclic) bond motifs is 3. The number of aromatic hydroxyl groups is 1. The number of nitrogens with zero attached hydrogens (tertiary/aromatic N) is 1. The summed E-state index contributed by atoms with van der Waals surface area (Å²) >= 11 is 3.33. The zero-order valence-electron chi connectivity index (χ0n) is 15.4. The summed E-state index contributed by atoms with van der Waals surface area (Å²) in [4.78, 5) is 38.0. The maximum atomic E-state index is 12.9. The molecule has 29 heavy (non-hydrogen) atoms. The molecule has 2 heterocycles. The Labute approximate surface area is 174 Å². The molecule has 4 rings (SSSR count). The molecule has 6 atom stereocenters. The highest BCUT2D eigenvalue weighted by molar-refractivity contribution is 9.10. The van der Waals surface area contributed by atoms with Gasteiger partial charge in [-0.1, -0.05) is 15.9 Å². The van der Waals surface area contributed by atoms with E-state index >= 15 is 0 Å². The summed E-state index contributed by atoms with van der Waals surface area (Å²) in [6, 6.07) is 4.77. The second-order valence-electron chi connectivity index (χ2n) is 7.63. The Morgan fingerprint density at radius 3 is 2.72 bits per heavy atom. The van der Waals surface area contributed by atoms with E-state index in [1.54, 1.807) is 12.1 Å². The Kier molecular flexibility index (Phi) is 4.93. The van der Waals surface area contributed by atoms with Gasteiger partial charge in [0.15, 0.2) is 5.79 Å². The lowest BCUT2D eigenvalue weighted by Crippen LogP contribution is -2.54. The molecule has 1 aromatic carbocycles. The van der Waals surface area contributed by atoms with E-state index in [-0.39, 0.29) is 18.6 Å². The fraction of sp³-hybridized carbons (Fsp3) is 0.526. The Morgan fingerprint density at radius 1 is 1.34 bits per heavy atom. The number of benzene rings is 1. The van der Waals surface area contributed by atoms with Crippen molar-refractivity contribution in [3.8, 4) is 5.75 Å². The average molecular weight is 470 g/mol. The Morgan fingerprint density at radius 2 is 2.07 bits per heavy atom. The first-order valence-electron chi connectivity index (χ1n) is 9.18. The van der Waals surface area contributed by atoms with Gasteiger partial charge in [0, 0.05) is 21.9 Å². The third-order valence-electron chi connectivity index (χ3n) is 6.28. The predicted octanol–water partition coefficient (Wildman–Crippen LogP) is 1.30. The molecule has 156 valence electrons. The molecule has 9 nitrogen and oxygen atoms in total. The molecule has 0 unspecified atom stereocenters. The van der Waals surface area contributed by atoms with Gasteiger partial charge in [-0.05, 0) is 31.0 Å². The van der Waals surface area contributed by atoms with E-state index in [2.05, 4.69) is 20.7 Å². The van der Waals surface area contributed by atoms with Crippen molar-refractivity contribution in [3.05, 3.63) is 28.2 Å². The van der Waals surface area contributed by atoms with Crippen molar-refractivity contribution < 1.29 is 39.2 Å². The van der Waals surface area contributed by atoms with Crippen LogP contribution in [0.3, 0.4) is 0 Å². The van der Waals surface area contributed by atoms with Crippen LogP contribution in [0.2, 0.25) is 0 Å². The number of likely N-dealkylation sites (tertiary alicyclic amines) is 1. The van der Waals surface area contributed by atoms with Crippen molar-refractivity contribution in [1.82, 2.24) is 4.90 Å². The molecular weight excluding hydrogens is 450 g/mol. The van der Waals surface area contributed by atoms with Gasteiger partial charge in [-0.15, -0.1) is 0 Å². The van der Waals surface area contributed by atoms with Gasteiger partial charge in [0.05, 0.1) is 31.7 Å². The molecule has 0 radical (unpaired) electrons. The number of aliphatic hydroxyl groups excluding tert-OH is 1. The lowest BCUT2D eigenvalue weighted by atomic mass is 9.64. The number of methoxy groups -OCH3 is 1. The van der Waals surface area contributed by atoms with Crippen molar-refractivity contribution in [2.45, 2.75) is 24.7 Å². The minimum Gasteiger partial charge on any atom is -0.508 e. The maximum absolute atomic E-state index is 12.9. The number of rotatable bonds is 2. The molecule has 1 aliphatic carbocycles. The first-order chi connectivity index (χ1) is 13.7. The number of carbonyl (C=O) groups is 3. The molecule has 0 aromatic heterocycles. The number of phenols is 1. The normalized spacial score (nSPS) is 36.1. The van der Waals surface area contributed by atoms with Gasteiger partial charge in [-0.3, -0.25) is 9.59 Å². The number of phenolic OH excluding ortho intramolecular Hbond substituents is 1. The minimum absolute atomic E-state index is 0.0105. The van der Waals surface area contributed by atoms with Gasteiger partial charge in [0.2, 0.25) is 11.8 Å². The van der Waals surface area contributed by atoms with Crippen molar-refractivity contribution >= 4 is 33.8 Å². The van der Waals surface area contributed by atoms with Crippen LogP contribution >= 0.6 is 15.9 Å². The van der Waals surface area contributed by atoms with Gasteiger partial charge in [0.1, 0.15) is 5.75 Å². The summed E-state index contributed by atoms with van der Waals surface area (Å²) < 4.78 is 11.2. The van der Waals surface area contributed by atoms with Gasteiger partial charge in [-0.25, -0.2) is 4.79 Å². The van der Waals surface area contributed by atoms with Crippen LogP contribution in [0, 0.1) is 23.7 Å². The molecule has 3 aliphatic rings. The third-order valence-corrected chi connectivity index (χ3v) is 6.77. The highest BCUT2D eigenvalue weighted by Crippen LogP contribution is 2.58. The van der Waals surface area contributed by atoms with Gasteiger partial charge in [0.25, 0.3) is 0 Å². The molecule has 2 aliphatic heterocycles. The monoisotopic (exact) mass is 469 g/mol. The van der Waals surface area contributed by atoms with Crippen LogP contribution in [0.25, 0.3) is 0 Å².